The molecular formula is C14H12O3. The van der Waals surface area contributed by atoms with Gasteiger partial charge < -0.3 is 9.84 Å². The highest BCUT2D eigenvalue weighted by Gasteiger charge is 2.12. The molecule has 0 aromatic heterocycles. The van der Waals surface area contributed by atoms with Gasteiger partial charge in [0.2, 0.25) is 0 Å². The molecule has 0 heterocycles. The van der Waals surface area contributed by atoms with E-state index in [1.54, 1.807) is 12.1 Å². The second kappa shape index (κ2) is 4.70. The van der Waals surface area contributed by atoms with E-state index in [2.05, 4.69) is 4.74 Å². The van der Waals surface area contributed by atoms with E-state index in [1.165, 1.54) is 13.2 Å². The van der Waals surface area contributed by atoms with Crippen LogP contribution in [0.15, 0.2) is 48.5 Å². The van der Waals surface area contributed by atoms with E-state index in [0.717, 1.165) is 11.1 Å². The first-order chi connectivity index (χ1) is 8.22. The maximum absolute atomic E-state index is 11.4. The first kappa shape index (κ1) is 11.2. The van der Waals surface area contributed by atoms with Crippen molar-refractivity contribution in [1.29, 1.82) is 0 Å². The minimum absolute atomic E-state index is 0.0727. The molecule has 86 valence electrons. The predicted molar refractivity (Wildman–Crippen MR) is 64.9 cm³/mol. The number of carbonyl (C=O) groups excluding carboxylic acids is 1. The Morgan fingerprint density at radius 2 is 1.76 bits per heavy atom. The second-order valence-corrected chi connectivity index (χ2v) is 3.59. The van der Waals surface area contributed by atoms with Crippen molar-refractivity contribution in [2.45, 2.75) is 0 Å². The summed E-state index contributed by atoms with van der Waals surface area (Å²) >= 11 is 0. The van der Waals surface area contributed by atoms with E-state index < -0.39 is 5.97 Å². The molecule has 0 saturated carbocycles. The summed E-state index contributed by atoms with van der Waals surface area (Å²) in [5, 5.41) is 9.58. The number of carbonyl (C=O) groups is 1. The summed E-state index contributed by atoms with van der Waals surface area (Å²) in [6, 6.07) is 14.5. The second-order valence-electron chi connectivity index (χ2n) is 3.59. The highest BCUT2D eigenvalue weighted by atomic mass is 16.5. The molecule has 2 aromatic rings. The highest BCUT2D eigenvalue weighted by molar-refractivity contribution is 5.93. The van der Waals surface area contributed by atoms with Gasteiger partial charge in [-0.15, -0.1) is 0 Å². The van der Waals surface area contributed by atoms with Gasteiger partial charge >= 0.3 is 5.97 Å². The third kappa shape index (κ3) is 2.28. The van der Waals surface area contributed by atoms with Crippen molar-refractivity contribution in [2.75, 3.05) is 7.11 Å². The smallest absolute Gasteiger partial charge is 0.341 e. The average molecular weight is 228 g/mol. The van der Waals surface area contributed by atoms with Crippen LogP contribution >= 0.6 is 0 Å². The maximum Gasteiger partial charge on any atom is 0.341 e. The molecule has 0 aliphatic carbocycles. The van der Waals surface area contributed by atoms with E-state index in [4.69, 9.17) is 0 Å². The number of ether oxygens (including phenoxy) is 1. The molecule has 1 N–H and O–H groups in total. The van der Waals surface area contributed by atoms with Crippen LogP contribution in [-0.4, -0.2) is 18.2 Å². The lowest BCUT2D eigenvalue weighted by atomic mass is 10.0. The van der Waals surface area contributed by atoms with Crippen LogP contribution in [0.3, 0.4) is 0 Å². The van der Waals surface area contributed by atoms with Crippen molar-refractivity contribution in [1.82, 2.24) is 0 Å². The summed E-state index contributed by atoms with van der Waals surface area (Å²) in [5.41, 5.74) is 2.02. The third-order valence-corrected chi connectivity index (χ3v) is 2.51. The molecule has 0 radical (unpaired) electrons. The molecule has 0 spiro atoms. The number of esters is 1. The molecule has 0 saturated heterocycles. The fourth-order valence-electron chi connectivity index (χ4n) is 1.62. The monoisotopic (exact) mass is 228 g/mol. The fraction of sp³-hybridized carbons (Fsp3) is 0.0714. The summed E-state index contributed by atoms with van der Waals surface area (Å²) in [6.07, 6.45) is 0. The Morgan fingerprint density at radius 3 is 2.41 bits per heavy atom. The fourth-order valence-corrected chi connectivity index (χ4v) is 1.62. The molecule has 17 heavy (non-hydrogen) atoms. The van der Waals surface area contributed by atoms with Crippen LogP contribution in [0, 0.1) is 0 Å². The largest absolute Gasteiger partial charge is 0.507 e. The number of aromatic hydroxyl groups is 1. The van der Waals surface area contributed by atoms with Crippen molar-refractivity contribution >= 4 is 5.97 Å². The molecule has 0 atom stereocenters. The minimum atomic E-state index is -0.541. The van der Waals surface area contributed by atoms with Gasteiger partial charge in [-0.05, 0) is 23.3 Å². The summed E-state index contributed by atoms with van der Waals surface area (Å²) in [5.74, 6) is -0.614. The normalized spacial score (nSPS) is 9.94. The van der Waals surface area contributed by atoms with E-state index in [0.29, 0.717) is 0 Å². The number of hydrogen-bond donors (Lipinski definition) is 1. The van der Waals surface area contributed by atoms with E-state index in [1.807, 2.05) is 30.3 Å². The molecule has 2 aromatic carbocycles. The standard InChI is InChI=1S/C14H12O3/c1-17-14(16)12-9-11(7-8-13(12)15)10-5-3-2-4-6-10/h2-9,15H,1H3. The van der Waals surface area contributed by atoms with Crippen molar-refractivity contribution in [3.63, 3.8) is 0 Å². The van der Waals surface area contributed by atoms with Crippen LogP contribution in [0.1, 0.15) is 10.4 Å². The van der Waals surface area contributed by atoms with Crippen molar-refractivity contribution < 1.29 is 14.6 Å². The maximum atomic E-state index is 11.4. The Labute approximate surface area is 99.3 Å². The van der Waals surface area contributed by atoms with Gasteiger partial charge in [-0.2, -0.15) is 0 Å². The van der Waals surface area contributed by atoms with Crippen LogP contribution in [0.2, 0.25) is 0 Å². The molecule has 3 nitrogen and oxygen atoms in total. The summed E-state index contributed by atoms with van der Waals surface area (Å²) in [6.45, 7) is 0. The van der Waals surface area contributed by atoms with Crippen LogP contribution in [0.4, 0.5) is 0 Å². The highest BCUT2D eigenvalue weighted by Crippen LogP contribution is 2.26. The lowest BCUT2D eigenvalue weighted by Gasteiger charge is -2.06. The molecule has 0 unspecified atom stereocenters. The minimum Gasteiger partial charge on any atom is -0.507 e. The third-order valence-electron chi connectivity index (χ3n) is 2.51. The Kier molecular flexibility index (Phi) is 3.10. The van der Waals surface area contributed by atoms with Crippen molar-refractivity contribution in [3.8, 4) is 16.9 Å². The van der Waals surface area contributed by atoms with Crippen LogP contribution < -0.4 is 0 Å². The van der Waals surface area contributed by atoms with Crippen molar-refractivity contribution in [2.24, 2.45) is 0 Å². The first-order valence-corrected chi connectivity index (χ1v) is 5.19. The Balaban J connectivity index is 2.48. The number of methoxy groups -OCH3 is 1. The van der Waals surface area contributed by atoms with Crippen LogP contribution in [0.5, 0.6) is 5.75 Å². The van der Waals surface area contributed by atoms with Gasteiger partial charge in [0.25, 0.3) is 0 Å². The number of hydrogen-bond acceptors (Lipinski definition) is 3. The van der Waals surface area contributed by atoms with Gasteiger partial charge in [0.1, 0.15) is 11.3 Å². The quantitative estimate of drug-likeness (QED) is 0.804. The number of benzene rings is 2. The Morgan fingerprint density at radius 1 is 1.06 bits per heavy atom. The molecule has 0 fully saturated rings. The van der Waals surface area contributed by atoms with Gasteiger partial charge in [-0.3, -0.25) is 0 Å². The lowest BCUT2D eigenvalue weighted by molar-refractivity contribution is 0.0597. The van der Waals surface area contributed by atoms with Gasteiger partial charge in [-0.1, -0.05) is 36.4 Å². The molecule has 0 bridgehead atoms. The summed E-state index contributed by atoms with van der Waals surface area (Å²) in [7, 11) is 1.29. The molecular weight excluding hydrogens is 216 g/mol. The van der Waals surface area contributed by atoms with E-state index >= 15 is 0 Å². The first-order valence-electron chi connectivity index (χ1n) is 5.19. The van der Waals surface area contributed by atoms with E-state index in [9.17, 15) is 9.90 Å². The SMILES string of the molecule is COC(=O)c1cc(-c2ccccc2)ccc1O. The van der Waals surface area contributed by atoms with Crippen LogP contribution in [0.25, 0.3) is 11.1 Å². The number of phenolic OH excluding ortho intramolecular Hbond substituents is 1. The lowest BCUT2D eigenvalue weighted by Crippen LogP contribution is -2.01. The Hall–Kier alpha value is -2.29. The summed E-state index contributed by atoms with van der Waals surface area (Å²) in [4.78, 5) is 11.4. The Bertz CT molecular complexity index is 532. The topological polar surface area (TPSA) is 46.5 Å². The van der Waals surface area contributed by atoms with Gasteiger partial charge in [-0.25, -0.2) is 4.79 Å². The summed E-state index contributed by atoms with van der Waals surface area (Å²) < 4.78 is 4.61. The zero-order valence-electron chi connectivity index (χ0n) is 9.38. The number of rotatable bonds is 2. The number of phenols is 1. The predicted octanol–water partition coefficient (Wildman–Crippen LogP) is 2.85. The zero-order valence-corrected chi connectivity index (χ0v) is 9.38. The van der Waals surface area contributed by atoms with Gasteiger partial charge in [0, 0.05) is 0 Å². The molecule has 0 aliphatic heterocycles. The van der Waals surface area contributed by atoms with E-state index in [-0.39, 0.29) is 11.3 Å². The zero-order chi connectivity index (χ0) is 12.3. The molecule has 3 heteroatoms. The average Bonchev–Trinajstić information content (AvgIpc) is 2.39. The van der Waals surface area contributed by atoms with Gasteiger partial charge in [0.05, 0.1) is 7.11 Å². The molecule has 0 amide bonds. The van der Waals surface area contributed by atoms with Crippen LogP contribution in [-0.2, 0) is 4.74 Å². The van der Waals surface area contributed by atoms with Gasteiger partial charge in [0.15, 0.2) is 0 Å². The van der Waals surface area contributed by atoms with Crippen molar-refractivity contribution in [3.05, 3.63) is 54.1 Å². The molecule has 0 aliphatic rings. The molecule has 2 rings (SSSR count).